The van der Waals surface area contributed by atoms with Crippen LogP contribution < -0.4 is 5.32 Å². The topological polar surface area (TPSA) is 78.1 Å². The summed E-state index contributed by atoms with van der Waals surface area (Å²) in [6, 6.07) is 10.6. The average Bonchev–Trinajstić information content (AvgIpc) is 3.49. The molecule has 162 valence electrons. The van der Waals surface area contributed by atoms with Crippen molar-refractivity contribution in [1.82, 2.24) is 20.4 Å². The van der Waals surface area contributed by atoms with Crippen molar-refractivity contribution in [3.8, 4) is 11.1 Å². The smallest absolute Gasteiger partial charge is 0.257 e. The Balaban J connectivity index is 1.57. The summed E-state index contributed by atoms with van der Waals surface area (Å²) in [6.45, 7) is 6.73. The van der Waals surface area contributed by atoms with Gasteiger partial charge < -0.3 is 10.2 Å². The molecule has 0 bridgehead atoms. The van der Waals surface area contributed by atoms with Gasteiger partial charge in [0.15, 0.2) is 0 Å². The van der Waals surface area contributed by atoms with Crippen molar-refractivity contribution in [3.05, 3.63) is 64.1 Å². The highest BCUT2D eigenvalue weighted by atomic mass is 32.1. The molecule has 1 atom stereocenters. The minimum absolute atomic E-state index is 0.0172. The van der Waals surface area contributed by atoms with Crippen molar-refractivity contribution in [2.24, 2.45) is 5.41 Å². The summed E-state index contributed by atoms with van der Waals surface area (Å²) < 4.78 is 0. The Hall–Kier alpha value is -2.93. The molecule has 4 rings (SSSR count). The van der Waals surface area contributed by atoms with Gasteiger partial charge in [-0.2, -0.15) is 16.4 Å². The average molecular weight is 437 g/mol. The van der Waals surface area contributed by atoms with Gasteiger partial charge in [-0.3, -0.25) is 14.7 Å². The molecule has 3 heterocycles. The summed E-state index contributed by atoms with van der Waals surface area (Å²) in [5.74, 6) is -0.0538. The molecule has 7 heteroatoms. The first-order valence-corrected chi connectivity index (χ1v) is 11.5. The van der Waals surface area contributed by atoms with Crippen molar-refractivity contribution in [1.29, 1.82) is 0 Å². The Morgan fingerprint density at radius 3 is 2.61 bits per heavy atom. The van der Waals surface area contributed by atoms with Crippen LogP contribution in [0, 0.1) is 12.3 Å². The number of aryl methyl sites for hydroxylation is 1. The zero-order valence-electron chi connectivity index (χ0n) is 18.1. The van der Waals surface area contributed by atoms with Gasteiger partial charge >= 0.3 is 0 Å². The van der Waals surface area contributed by atoms with E-state index in [1.54, 1.807) is 22.4 Å². The van der Waals surface area contributed by atoms with Gasteiger partial charge in [0.2, 0.25) is 5.91 Å². The van der Waals surface area contributed by atoms with Gasteiger partial charge in [-0.15, -0.1) is 0 Å². The number of nitrogens with one attached hydrogen (secondary N) is 2. The van der Waals surface area contributed by atoms with E-state index in [9.17, 15) is 9.59 Å². The first-order valence-electron chi connectivity index (χ1n) is 10.6. The van der Waals surface area contributed by atoms with Gasteiger partial charge in [0, 0.05) is 24.8 Å². The summed E-state index contributed by atoms with van der Waals surface area (Å²) in [5.41, 5.74) is 4.16. The van der Waals surface area contributed by atoms with E-state index in [0.717, 1.165) is 11.3 Å². The third kappa shape index (κ3) is 4.42. The molecule has 0 spiro atoms. The maximum Gasteiger partial charge on any atom is 0.257 e. The Morgan fingerprint density at radius 1 is 1.23 bits per heavy atom. The van der Waals surface area contributed by atoms with Gasteiger partial charge in [-0.1, -0.05) is 24.3 Å². The number of aromatic amines is 1. The summed E-state index contributed by atoms with van der Waals surface area (Å²) in [6.07, 6.45) is 2.80. The predicted molar refractivity (Wildman–Crippen MR) is 123 cm³/mol. The monoisotopic (exact) mass is 436 g/mol. The second-order valence-electron chi connectivity index (χ2n) is 8.68. The number of rotatable bonds is 6. The van der Waals surface area contributed by atoms with Crippen LogP contribution in [-0.2, 0) is 11.2 Å². The van der Waals surface area contributed by atoms with Crippen LogP contribution in [0.1, 0.15) is 41.9 Å². The van der Waals surface area contributed by atoms with Gasteiger partial charge in [-0.05, 0) is 67.1 Å². The molecular weight excluding hydrogens is 408 g/mol. The first-order chi connectivity index (χ1) is 14.9. The first kappa shape index (κ1) is 21.3. The van der Waals surface area contributed by atoms with E-state index >= 15 is 0 Å². The Kier molecular flexibility index (Phi) is 5.96. The van der Waals surface area contributed by atoms with Gasteiger partial charge in [0.1, 0.15) is 0 Å². The highest BCUT2D eigenvalue weighted by Crippen LogP contribution is 2.36. The molecule has 1 fully saturated rings. The van der Waals surface area contributed by atoms with Crippen LogP contribution in [0.5, 0.6) is 0 Å². The molecule has 2 N–H and O–H groups in total. The Morgan fingerprint density at radius 2 is 2.00 bits per heavy atom. The van der Waals surface area contributed by atoms with Crippen LogP contribution in [0.3, 0.4) is 0 Å². The van der Waals surface area contributed by atoms with Crippen LogP contribution in [-0.4, -0.2) is 46.0 Å². The van der Waals surface area contributed by atoms with E-state index in [2.05, 4.69) is 56.6 Å². The van der Waals surface area contributed by atoms with Crippen LogP contribution in [0.15, 0.2) is 47.3 Å². The molecule has 0 radical (unpaired) electrons. The standard InChI is InChI=1S/C24H28N4O2S/c1-16(2)26-23(30)24(9-10-28(15-24)22(29)21-13-25-27-17(21)3)12-18-4-6-19(7-5-18)20-8-11-31-14-20/h4-8,11,13-14,16H,9-10,12,15H2,1-3H3,(H,25,27)(H,26,30)/t24-/m1/s1. The zero-order valence-corrected chi connectivity index (χ0v) is 19.0. The molecule has 1 aromatic carbocycles. The lowest BCUT2D eigenvalue weighted by Gasteiger charge is -2.29. The lowest BCUT2D eigenvalue weighted by molar-refractivity contribution is -0.130. The zero-order chi connectivity index (χ0) is 22.0. The molecule has 0 aliphatic carbocycles. The summed E-state index contributed by atoms with van der Waals surface area (Å²) >= 11 is 1.68. The number of likely N-dealkylation sites (tertiary alicyclic amines) is 1. The SMILES string of the molecule is Cc1[nH]ncc1C(=O)N1CC[C@](Cc2ccc(-c3ccsc3)cc2)(C(=O)NC(C)C)C1. The van der Waals surface area contributed by atoms with E-state index in [1.807, 2.05) is 20.8 Å². The summed E-state index contributed by atoms with van der Waals surface area (Å²) in [5, 5.41) is 14.1. The Labute approximate surface area is 186 Å². The van der Waals surface area contributed by atoms with Crippen LogP contribution in [0.25, 0.3) is 11.1 Å². The second-order valence-corrected chi connectivity index (χ2v) is 9.46. The molecular formula is C24H28N4O2S. The highest BCUT2D eigenvalue weighted by molar-refractivity contribution is 7.08. The molecule has 6 nitrogen and oxygen atoms in total. The van der Waals surface area contributed by atoms with Crippen LogP contribution >= 0.6 is 11.3 Å². The number of thiophene rings is 1. The number of amides is 2. The second kappa shape index (κ2) is 8.67. The van der Waals surface area contributed by atoms with Gasteiger partial charge in [0.05, 0.1) is 17.2 Å². The highest BCUT2D eigenvalue weighted by Gasteiger charge is 2.46. The van der Waals surface area contributed by atoms with Crippen molar-refractivity contribution in [2.75, 3.05) is 13.1 Å². The Bertz CT molecular complexity index is 1060. The molecule has 0 unspecified atom stereocenters. The van der Waals surface area contributed by atoms with Crippen molar-refractivity contribution < 1.29 is 9.59 Å². The number of aromatic nitrogens is 2. The fourth-order valence-corrected chi connectivity index (χ4v) is 4.91. The van der Waals surface area contributed by atoms with Crippen molar-refractivity contribution >= 4 is 23.2 Å². The number of H-pyrrole nitrogens is 1. The molecule has 3 aromatic rings. The maximum atomic E-state index is 13.3. The van der Waals surface area contributed by atoms with Crippen molar-refractivity contribution in [2.45, 2.75) is 39.7 Å². The number of nitrogens with zero attached hydrogens (tertiary/aromatic N) is 2. The number of benzene rings is 1. The third-order valence-corrected chi connectivity index (χ3v) is 6.64. The van der Waals surface area contributed by atoms with E-state index in [1.165, 1.54) is 11.1 Å². The normalized spacial score (nSPS) is 18.5. The van der Waals surface area contributed by atoms with Gasteiger partial charge in [0.25, 0.3) is 5.91 Å². The van der Waals surface area contributed by atoms with E-state index in [4.69, 9.17) is 0 Å². The molecule has 0 saturated carbocycles. The quantitative estimate of drug-likeness (QED) is 0.612. The van der Waals surface area contributed by atoms with Gasteiger partial charge in [-0.25, -0.2) is 0 Å². The minimum atomic E-state index is -0.637. The molecule has 1 aliphatic heterocycles. The summed E-state index contributed by atoms with van der Waals surface area (Å²) in [7, 11) is 0. The van der Waals surface area contributed by atoms with Crippen LogP contribution in [0.4, 0.5) is 0 Å². The van der Waals surface area contributed by atoms with E-state index in [-0.39, 0.29) is 17.9 Å². The molecule has 2 aromatic heterocycles. The van der Waals surface area contributed by atoms with Crippen molar-refractivity contribution in [3.63, 3.8) is 0 Å². The molecule has 1 aliphatic rings. The number of hydrogen-bond acceptors (Lipinski definition) is 4. The maximum absolute atomic E-state index is 13.3. The fraction of sp³-hybridized carbons (Fsp3) is 0.375. The van der Waals surface area contributed by atoms with E-state index < -0.39 is 5.41 Å². The largest absolute Gasteiger partial charge is 0.353 e. The fourth-order valence-electron chi connectivity index (χ4n) is 4.24. The lowest BCUT2D eigenvalue weighted by Crippen LogP contribution is -2.47. The third-order valence-electron chi connectivity index (χ3n) is 5.95. The van der Waals surface area contributed by atoms with E-state index in [0.29, 0.717) is 31.5 Å². The minimum Gasteiger partial charge on any atom is -0.353 e. The van der Waals surface area contributed by atoms with Crippen LogP contribution in [0.2, 0.25) is 0 Å². The molecule has 31 heavy (non-hydrogen) atoms. The number of carbonyl (C=O) groups is 2. The summed E-state index contributed by atoms with van der Waals surface area (Å²) in [4.78, 5) is 28.1. The molecule has 2 amide bonds. The predicted octanol–water partition coefficient (Wildman–Crippen LogP) is 4.05. The molecule has 1 saturated heterocycles. The number of carbonyl (C=O) groups excluding carboxylic acids is 2. The lowest BCUT2D eigenvalue weighted by atomic mass is 9.79. The number of hydrogen-bond donors (Lipinski definition) is 2.